The van der Waals surface area contributed by atoms with E-state index in [2.05, 4.69) is 34.6 Å². The number of carbonyl (C=O) groups is 1. The zero-order chi connectivity index (χ0) is 22.6. The molecule has 9 atom stereocenters. The van der Waals surface area contributed by atoms with Crippen molar-refractivity contribution in [2.75, 3.05) is 0 Å². The summed E-state index contributed by atoms with van der Waals surface area (Å²) in [6.45, 7) is 13.7. The molecular formula is C28H48O3. The van der Waals surface area contributed by atoms with E-state index in [1.54, 1.807) is 0 Å². The molecule has 0 saturated heterocycles. The maximum Gasteiger partial charge on any atom is 0.302 e. The molecule has 0 aromatic heterocycles. The Labute approximate surface area is 191 Å². The minimum absolute atomic E-state index is 0.00336. The minimum Gasteiger partial charge on any atom is -0.462 e. The predicted octanol–water partition coefficient (Wildman–Crippen LogP) is 6.76. The number of hydrogen-bond donors (Lipinski definition) is 1. The van der Waals surface area contributed by atoms with E-state index in [9.17, 15) is 9.90 Å². The van der Waals surface area contributed by atoms with Gasteiger partial charge in [-0.2, -0.15) is 0 Å². The number of fused-ring (bicyclic) bond motifs is 5. The van der Waals surface area contributed by atoms with E-state index in [-0.39, 0.29) is 17.5 Å². The smallest absolute Gasteiger partial charge is 0.302 e. The molecule has 4 saturated carbocycles. The van der Waals surface area contributed by atoms with Crippen LogP contribution in [0.4, 0.5) is 0 Å². The summed E-state index contributed by atoms with van der Waals surface area (Å²) in [5, 5.41) is 11.9. The number of ether oxygens (including phenoxy) is 1. The molecule has 0 bridgehead atoms. The van der Waals surface area contributed by atoms with Crippen molar-refractivity contribution in [1.29, 1.82) is 0 Å². The summed E-state index contributed by atoms with van der Waals surface area (Å²) in [5.41, 5.74) is -0.211. The Morgan fingerprint density at radius 1 is 1.00 bits per heavy atom. The van der Waals surface area contributed by atoms with Crippen LogP contribution < -0.4 is 0 Å². The first kappa shape index (κ1) is 23.6. The summed E-state index contributed by atoms with van der Waals surface area (Å²) in [5.74, 6) is 4.34. The highest BCUT2D eigenvalue weighted by atomic mass is 16.5. The van der Waals surface area contributed by atoms with Crippen LogP contribution in [-0.4, -0.2) is 22.8 Å². The molecule has 4 fully saturated rings. The van der Waals surface area contributed by atoms with Gasteiger partial charge in [0.1, 0.15) is 6.10 Å². The molecule has 0 aromatic rings. The van der Waals surface area contributed by atoms with Crippen LogP contribution in [0, 0.1) is 46.3 Å². The molecule has 0 unspecified atom stereocenters. The Balaban J connectivity index is 1.49. The summed E-state index contributed by atoms with van der Waals surface area (Å²) in [6, 6.07) is 0. The third kappa shape index (κ3) is 3.89. The molecular weight excluding hydrogens is 384 g/mol. The van der Waals surface area contributed by atoms with Gasteiger partial charge < -0.3 is 9.84 Å². The van der Waals surface area contributed by atoms with Crippen LogP contribution in [0.25, 0.3) is 0 Å². The number of carbonyl (C=O) groups excluding carboxylic acids is 1. The van der Waals surface area contributed by atoms with E-state index in [4.69, 9.17) is 4.74 Å². The van der Waals surface area contributed by atoms with Gasteiger partial charge in [0.25, 0.3) is 0 Å². The van der Waals surface area contributed by atoms with Crippen molar-refractivity contribution in [2.45, 2.75) is 124 Å². The Morgan fingerprint density at radius 3 is 2.42 bits per heavy atom. The topological polar surface area (TPSA) is 46.5 Å². The fraction of sp³-hybridized carbons (Fsp3) is 0.964. The molecule has 31 heavy (non-hydrogen) atoms. The quantitative estimate of drug-likeness (QED) is 0.471. The van der Waals surface area contributed by atoms with Crippen LogP contribution >= 0.6 is 0 Å². The highest BCUT2D eigenvalue weighted by molar-refractivity contribution is 5.66. The standard InChI is InChI=1S/C28H48O3/c1-18(2)8-7-9-19(3)23-10-11-24-22-17-28(30)16-21(31-20(4)29)12-15-27(28,6)25(22)13-14-26(23,24)5/h18-19,21-25,30H,7-17H2,1-6H3/t19-,21+,22+,23-,24+,25+,26-,27-,28+/m1/s1. The van der Waals surface area contributed by atoms with Crippen molar-refractivity contribution in [3.8, 4) is 0 Å². The summed E-state index contributed by atoms with van der Waals surface area (Å²) >= 11 is 0. The number of hydrogen-bond acceptors (Lipinski definition) is 3. The number of aliphatic hydroxyl groups is 1. The second-order valence-corrected chi connectivity index (χ2v) is 13.0. The van der Waals surface area contributed by atoms with Gasteiger partial charge in [-0.15, -0.1) is 0 Å². The van der Waals surface area contributed by atoms with Gasteiger partial charge in [0.05, 0.1) is 5.60 Å². The van der Waals surface area contributed by atoms with Crippen molar-refractivity contribution >= 4 is 5.97 Å². The largest absolute Gasteiger partial charge is 0.462 e. The highest BCUT2D eigenvalue weighted by Crippen LogP contribution is 2.71. The molecule has 178 valence electrons. The lowest BCUT2D eigenvalue weighted by molar-refractivity contribution is -0.167. The molecule has 0 radical (unpaired) electrons. The normalized spacial score (nSPS) is 47.5. The molecule has 4 rings (SSSR count). The van der Waals surface area contributed by atoms with Crippen LogP contribution in [0.15, 0.2) is 0 Å². The Hall–Kier alpha value is -0.570. The first-order valence-corrected chi connectivity index (χ1v) is 13.4. The minimum atomic E-state index is -0.660. The molecule has 0 aliphatic heterocycles. The molecule has 0 aromatic carbocycles. The predicted molar refractivity (Wildman–Crippen MR) is 125 cm³/mol. The average molecular weight is 433 g/mol. The maximum absolute atomic E-state index is 11.9. The van der Waals surface area contributed by atoms with Gasteiger partial charge in [-0.25, -0.2) is 0 Å². The second-order valence-electron chi connectivity index (χ2n) is 13.0. The molecule has 0 amide bonds. The van der Waals surface area contributed by atoms with E-state index in [0.717, 1.165) is 42.9 Å². The van der Waals surface area contributed by atoms with Gasteiger partial charge >= 0.3 is 5.97 Å². The third-order valence-electron chi connectivity index (χ3n) is 11.0. The van der Waals surface area contributed by atoms with Crippen LogP contribution in [0.1, 0.15) is 112 Å². The van der Waals surface area contributed by atoms with Gasteiger partial charge in [0.2, 0.25) is 0 Å². The molecule has 0 spiro atoms. The zero-order valence-corrected chi connectivity index (χ0v) is 21.1. The van der Waals surface area contributed by atoms with E-state index in [0.29, 0.717) is 23.7 Å². The molecule has 4 aliphatic carbocycles. The van der Waals surface area contributed by atoms with E-state index in [1.807, 2.05) is 0 Å². The molecule has 1 N–H and O–H groups in total. The van der Waals surface area contributed by atoms with Gasteiger partial charge in [-0.05, 0) is 91.3 Å². The van der Waals surface area contributed by atoms with Crippen LogP contribution in [0.5, 0.6) is 0 Å². The van der Waals surface area contributed by atoms with Gasteiger partial charge in [-0.1, -0.05) is 53.9 Å². The van der Waals surface area contributed by atoms with Gasteiger partial charge in [0.15, 0.2) is 0 Å². The Bertz CT molecular complexity index is 673. The summed E-state index contributed by atoms with van der Waals surface area (Å²) < 4.78 is 5.57. The van der Waals surface area contributed by atoms with Gasteiger partial charge in [-0.3, -0.25) is 4.79 Å². The fourth-order valence-electron chi connectivity index (χ4n) is 9.37. The lowest BCUT2D eigenvalue weighted by Crippen LogP contribution is -2.52. The monoisotopic (exact) mass is 432 g/mol. The van der Waals surface area contributed by atoms with Crippen LogP contribution in [0.2, 0.25) is 0 Å². The van der Waals surface area contributed by atoms with E-state index in [1.165, 1.54) is 51.9 Å². The average Bonchev–Trinajstić information content (AvgIpc) is 3.12. The van der Waals surface area contributed by atoms with Crippen molar-refractivity contribution in [2.24, 2.45) is 46.3 Å². The first-order valence-electron chi connectivity index (χ1n) is 13.4. The molecule has 4 aliphatic rings. The van der Waals surface area contributed by atoms with Gasteiger partial charge in [0, 0.05) is 13.3 Å². The molecule has 3 nitrogen and oxygen atoms in total. The first-order chi connectivity index (χ1) is 14.5. The van der Waals surface area contributed by atoms with E-state index < -0.39 is 5.60 Å². The summed E-state index contributed by atoms with van der Waals surface area (Å²) in [7, 11) is 0. The molecule has 3 heteroatoms. The fourth-order valence-corrected chi connectivity index (χ4v) is 9.37. The number of esters is 1. The van der Waals surface area contributed by atoms with Crippen molar-refractivity contribution in [3.63, 3.8) is 0 Å². The Kier molecular flexibility index (Phi) is 6.34. The van der Waals surface area contributed by atoms with Crippen LogP contribution in [0.3, 0.4) is 0 Å². The summed E-state index contributed by atoms with van der Waals surface area (Å²) in [4.78, 5) is 11.5. The molecule has 0 heterocycles. The second kappa shape index (κ2) is 8.33. The van der Waals surface area contributed by atoms with Crippen molar-refractivity contribution < 1.29 is 14.6 Å². The third-order valence-corrected chi connectivity index (χ3v) is 11.0. The zero-order valence-electron chi connectivity index (χ0n) is 21.1. The Morgan fingerprint density at radius 2 is 1.74 bits per heavy atom. The highest BCUT2D eigenvalue weighted by Gasteiger charge is 2.68. The number of rotatable bonds is 6. The van der Waals surface area contributed by atoms with Crippen LogP contribution in [-0.2, 0) is 9.53 Å². The SMILES string of the molecule is CC(=O)O[C@H]1CC[C@]2(C)[C@H]3CC[C@]4(C)[C@@H]([C@H](C)CCCC(C)C)CC[C@H]4[C@@H]3C[C@@]2(O)C1. The van der Waals surface area contributed by atoms with Crippen molar-refractivity contribution in [1.82, 2.24) is 0 Å². The lowest BCUT2D eigenvalue weighted by atomic mass is 9.53. The van der Waals surface area contributed by atoms with E-state index >= 15 is 0 Å². The maximum atomic E-state index is 11.9. The van der Waals surface area contributed by atoms with Crippen molar-refractivity contribution in [3.05, 3.63) is 0 Å². The lowest BCUT2D eigenvalue weighted by Gasteiger charge is -2.53. The summed E-state index contributed by atoms with van der Waals surface area (Å²) in [6.07, 6.45) is 12.9.